The van der Waals surface area contributed by atoms with Crippen LogP contribution in [0.2, 0.25) is 0 Å². The lowest BCUT2D eigenvalue weighted by molar-refractivity contribution is 0.576. The Kier molecular flexibility index (Phi) is 3.12. The third kappa shape index (κ3) is 2.67. The van der Waals surface area contributed by atoms with Crippen LogP contribution in [0.3, 0.4) is 0 Å². The number of aromatic amines is 1. The molecular formula is C14H14N4O4S. The van der Waals surface area contributed by atoms with Gasteiger partial charge >= 0.3 is 0 Å². The summed E-state index contributed by atoms with van der Waals surface area (Å²) in [6, 6.07) is 4.87. The summed E-state index contributed by atoms with van der Waals surface area (Å²) in [5.74, 6) is 1.56. The molecular weight excluding hydrogens is 320 g/mol. The van der Waals surface area contributed by atoms with E-state index in [2.05, 4.69) is 15.1 Å². The maximum absolute atomic E-state index is 12.2. The SMILES string of the molecule is O=c1cc(CC2CCS(=O)(=O)C2)nc2nc(-c3ccco3)[nH]n12. The first kappa shape index (κ1) is 14.2. The zero-order valence-electron chi connectivity index (χ0n) is 12.1. The first-order valence-electron chi connectivity index (χ1n) is 7.23. The van der Waals surface area contributed by atoms with Crippen molar-refractivity contribution in [3.8, 4) is 11.6 Å². The summed E-state index contributed by atoms with van der Waals surface area (Å²) in [5.41, 5.74) is 0.283. The fourth-order valence-corrected chi connectivity index (χ4v) is 4.75. The number of rotatable bonds is 3. The molecule has 8 nitrogen and oxygen atoms in total. The van der Waals surface area contributed by atoms with Gasteiger partial charge in [-0.25, -0.2) is 13.4 Å². The van der Waals surface area contributed by atoms with Crippen LogP contribution in [0.1, 0.15) is 12.1 Å². The van der Waals surface area contributed by atoms with Gasteiger partial charge in [-0.1, -0.05) is 0 Å². The Balaban J connectivity index is 1.68. The maximum atomic E-state index is 12.2. The second-order valence-corrected chi connectivity index (χ2v) is 7.97. The minimum atomic E-state index is -2.94. The molecule has 3 aromatic heterocycles. The Morgan fingerprint density at radius 3 is 2.96 bits per heavy atom. The zero-order chi connectivity index (χ0) is 16.0. The summed E-state index contributed by atoms with van der Waals surface area (Å²) >= 11 is 0. The summed E-state index contributed by atoms with van der Waals surface area (Å²) in [4.78, 5) is 20.8. The fraction of sp³-hybridized carbons (Fsp3) is 0.357. The quantitative estimate of drug-likeness (QED) is 0.753. The Morgan fingerprint density at radius 2 is 2.26 bits per heavy atom. The van der Waals surface area contributed by atoms with Crippen molar-refractivity contribution in [1.82, 2.24) is 19.6 Å². The van der Waals surface area contributed by atoms with Crippen molar-refractivity contribution < 1.29 is 12.8 Å². The van der Waals surface area contributed by atoms with Crippen LogP contribution in [0.5, 0.6) is 0 Å². The van der Waals surface area contributed by atoms with Gasteiger partial charge in [-0.3, -0.25) is 9.89 Å². The Hall–Kier alpha value is -2.42. The van der Waals surface area contributed by atoms with Crippen LogP contribution in [-0.4, -0.2) is 39.5 Å². The lowest BCUT2D eigenvalue weighted by Gasteiger charge is -2.05. The third-order valence-corrected chi connectivity index (χ3v) is 5.80. The number of fused-ring (bicyclic) bond motifs is 1. The molecule has 1 N–H and O–H groups in total. The zero-order valence-corrected chi connectivity index (χ0v) is 12.9. The summed E-state index contributed by atoms with van der Waals surface area (Å²) < 4.78 is 29.6. The van der Waals surface area contributed by atoms with Crippen molar-refractivity contribution in [2.75, 3.05) is 11.5 Å². The molecule has 120 valence electrons. The van der Waals surface area contributed by atoms with E-state index in [1.807, 2.05) is 0 Å². The highest BCUT2D eigenvalue weighted by Gasteiger charge is 2.28. The van der Waals surface area contributed by atoms with Gasteiger partial charge in [-0.05, 0) is 30.9 Å². The molecule has 0 spiro atoms. The lowest BCUT2D eigenvalue weighted by Crippen LogP contribution is -2.17. The standard InChI is InChI=1S/C14H14N4O4S/c19-12-7-10(6-9-3-5-23(20,21)8-9)15-14-16-13(17-18(12)14)11-2-1-4-22-11/h1-2,4,7,9H,3,5-6,8H2,(H,15,16,17). The summed E-state index contributed by atoms with van der Waals surface area (Å²) in [5, 5.41) is 2.84. The molecule has 9 heteroatoms. The van der Waals surface area contributed by atoms with E-state index < -0.39 is 9.84 Å². The van der Waals surface area contributed by atoms with Crippen molar-refractivity contribution in [3.63, 3.8) is 0 Å². The van der Waals surface area contributed by atoms with E-state index in [9.17, 15) is 13.2 Å². The number of sulfone groups is 1. The van der Waals surface area contributed by atoms with Crippen LogP contribution in [0.25, 0.3) is 17.4 Å². The second-order valence-electron chi connectivity index (χ2n) is 5.74. The molecule has 4 heterocycles. The number of aromatic nitrogens is 4. The average Bonchev–Trinajstić information content (AvgIpc) is 3.18. The summed E-state index contributed by atoms with van der Waals surface area (Å²) in [6.45, 7) is 0. The smallest absolute Gasteiger partial charge is 0.274 e. The molecule has 0 amide bonds. The van der Waals surface area contributed by atoms with Gasteiger partial charge in [0.2, 0.25) is 0 Å². The Morgan fingerprint density at radius 1 is 1.39 bits per heavy atom. The average molecular weight is 334 g/mol. The van der Waals surface area contributed by atoms with Crippen LogP contribution >= 0.6 is 0 Å². The molecule has 1 aliphatic heterocycles. The number of hydrogen-bond donors (Lipinski definition) is 1. The van der Waals surface area contributed by atoms with Crippen molar-refractivity contribution in [1.29, 1.82) is 0 Å². The van der Waals surface area contributed by atoms with Gasteiger partial charge in [0.05, 0.1) is 23.5 Å². The van der Waals surface area contributed by atoms with Gasteiger partial charge in [-0.2, -0.15) is 9.50 Å². The van der Waals surface area contributed by atoms with E-state index in [0.29, 0.717) is 30.1 Å². The molecule has 1 fully saturated rings. The minimum absolute atomic E-state index is 0.0119. The van der Waals surface area contributed by atoms with Gasteiger partial charge in [-0.15, -0.1) is 0 Å². The molecule has 0 bridgehead atoms. The van der Waals surface area contributed by atoms with Crippen molar-refractivity contribution in [3.05, 3.63) is 40.5 Å². The maximum Gasteiger partial charge on any atom is 0.274 e. The summed E-state index contributed by atoms with van der Waals surface area (Å²) in [7, 11) is -2.94. The van der Waals surface area contributed by atoms with Crippen molar-refractivity contribution >= 4 is 15.6 Å². The van der Waals surface area contributed by atoms with Gasteiger partial charge in [0.1, 0.15) is 0 Å². The van der Waals surface area contributed by atoms with E-state index >= 15 is 0 Å². The van der Waals surface area contributed by atoms with Crippen LogP contribution in [0.4, 0.5) is 0 Å². The number of furan rings is 1. The van der Waals surface area contributed by atoms with Gasteiger partial charge in [0, 0.05) is 6.07 Å². The normalized spacial score (nSPS) is 20.3. The fourth-order valence-electron chi connectivity index (χ4n) is 2.88. The van der Waals surface area contributed by atoms with Gasteiger partial charge < -0.3 is 4.42 Å². The molecule has 0 radical (unpaired) electrons. The van der Waals surface area contributed by atoms with E-state index in [-0.39, 0.29) is 28.8 Å². The van der Waals surface area contributed by atoms with E-state index in [0.717, 1.165) is 0 Å². The lowest BCUT2D eigenvalue weighted by atomic mass is 10.0. The first-order valence-corrected chi connectivity index (χ1v) is 9.05. The number of H-pyrrole nitrogens is 1. The highest BCUT2D eigenvalue weighted by atomic mass is 32.2. The predicted molar refractivity (Wildman–Crippen MR) is 81.8 cm³/mol. The molecule has 1 aliphatic rings. The Labute approximate surface area is 131 Å². The molecule has 3 aromatic rings. The van der Waals surface area contributed by atoms with E-state index in [1.54, 1.807) is 12.1 Å². The van der Waals surface area contributed by atoms with Crippen molar-refractivity contribution in [2.45, 2.75) is 12.8 Å². The highest BCUT2D eigenvalue weighted by Crippen LogP contribution is 2.22. The molecule has 1 saturated heterocycles. The van der Waals surface area contributed by atoms with Crippen LogP contribution in [0.15, 0.2) is 33.7 Å². The van der Waals surface area contributed by atoms with Gasteiger partial charge in [0.15, 0.2) is 21.4 Å². The molecule has 0 aromatic carbocycles. The third-order valence-electron chi connectivity index (χ3n) is 3.96. The first-order chi connectivity index (χ1) is 11.0. The topological polar surface area (TPSA) is 110 Å². The number of nitrogens with zero attached hydrogens (tertiary/aromatic N) is 3. The number of nitrogens with one attached hydrogen (secondary N) is 1. The Bertz CT molecular complexity index is 1020. The predicted octanol–water partition coefficient (Wildman–Crippen LogP) is 0.655. The molecule has 23 heavy (non-hydrogen) atoms. The largest absolute Gasteiger partial charge is 0.461 e. The molecule has 0 saturated carbocycles. The van der Waals surface area contributed by atoms with Gasteiger partial charge in [0.25, 0.3) is 11.3 Å². The van der Waals surface area contributed by atoms with Crippen molar-refractivity contribution in [2.24, 2.45) is 5.92 Å². The molecule has 1 atom stereocenters. The van der Waals surface area contributed by atoms with Crippen LogP contribution < -0.4 is 5.56 Å². The molecule has 1 unspecified atom stereocenters. The highest BCUT2D eigenvalue weighted by molar-refractivity contribution is 7.91. The molecule has 0 aliphatic carbocycles. The second kappa shape index (κ2) is 5.05. The molecule has 4 rings (SSSR count). The number of hydrogen-bond acceptors (Lipinski definition) is 6. The van der Waals surface area contributed by atoms with E-state index in [1.165, 1.54) is 16.8 Å². The van der Waals surface area contributed by atoms with E-state index in [4.69, 9.17) is 4.42 Å². The summed E-state index contributed by atoms with van der Waals surface area (Å²) in [6.07, 6.45) is 2.60. The monoisotopic (exact) mass is 334 g/mol. The minimum Gasteiger partial charge on any atom is -0.461 e. The van der Waals surface area contributed by atoms with Crippen LogP contribution in [0, 0.1) is 5.92 Å². The van der Waals surface area contributed by atoms with Crippen LogP contribution in [-0.2, 0) is 16.3 Å².